The molecule has 1 aromatic heterocycles. The van der Waals surface area contributed by atoms with Crippen LogP contribution in [0.5, 0.6) is 0 Å². The summed E-state index contributed by atoms with van der Waals surface area (Å²) in [6, 6.07) is 0. The Balaban J connectivity index is 1.52. The van der Waals surface area contributed by atoms with Crippen LogP contribution in [0, 0.1) is 0 Å². The minimum Gasteiger partial charge on any atom is -0.368 e. The van der Waals surface area contributed by atoms with Crippen molar-refractivity contribution >= 4 is 5.91 Å². The zero-order valence-corrected chi connectivity index (χ0v) is 12.8. The number of nitrogens with zero attached hydrogens (tertiary/aromatic N) is 4. The minimum absolute atomic E-state index is 0.0767. The summed E-state index contributed by atoms with van der Waals surface area (Å²) < 4.78 is 7.91. The Hall–Kier alpha value is -1.43. The molecular weight excluding hydrogens is 268 g/mol. The van der Waals surface area contributed by atoms with Gasteiger partial charge in [0, 0.05) is 19.5 Å². The average molecular weight is 292 g/mol. The third-order valence-corrected chi connectivity index (χ3v) is 4.49. The van der Waals surface area contributed by atoms with E-state index in [0.29, 0.717) is 6.54 Å². The van der Waals surface area contributed by atoms with Gasteiger partial charge in [-0.15, -0.1) is 10.2 Å². The Morgan fingerprint density at radius 1 is 1.24 bits per heavy atom. The number of aryl methyl sites for hydroxylation is 1. The van der Waals surface area contributed by atoms with Crippen LogP contribution >= 0.6 is 0 Å². The first-order chi connectivity index (χ1) is 10.3. The quantitative estimate of drug-likeness (QED) is 0.844. The monoisotopic (exact) mass is 292 g/mol. The summed E-state index contributed by atoms with van der Waals surface area (Å²) in [5.74, 6) is 1.98. The van der Waals surface area contributed by atoms with Crippen LogP contribution in [-0.2, 0) is 29.0 Å². The van der Waals surface area contributed by atoms with E-state index in [1.165, 1.54) is 19.3 Å². The number of fused-ring (bicyclic) bond motifs is 1. The van der Waals surface area contributed by atoms with E-state index in [1.54, 1.807) is 0 Å². The normalized spacial score (nSPS) is 19.6. The lowest BCUT2D eigenvalue weighted by molar-refractivity contribution is -0.140. The van der Waals surface area contributed by atoms with Crippen LogP contribution < -0.4 is 0 Å². The Bertz CT molecular complexity index is 494. The van der Waals surface area contributed by atoms with Crippen LogP contribution in [-0.4, -0.2) is 44.8 Å². The SMILES string of the molecule is CCc1nnc2n1CCN(C(=O)COC1CCCCC1)C2. The van der Waals surface area contributed by atoms with Gasteiger partial charge in [-0.05, 0) is 12.8 Å². The predicted octanol–water partition coefficient (Wildman–Crippen LogP) is 1.53. The van der Waals surface area contributed by atoms with Crippen LogP contribution in [0.3, 0.4) is 0 Å². The molecular formula is C15H24N4O2. The van der Waals surface area contributed by atoms with Gasteiger partial charge in [0.2, 0.25) is 5.91 Å². The van der Waals surface area contributed by atoms with E-state index in [-0.39, 0.29) is 18.6 Å². The van der Waals surface area contributed by atoms with Crippen LogP contribution in [0.4, 0.5) is 0 Å². The first kappa shape index (κ1) is 14.5. The Morgan fingerprint density at radius 2 is 2.05 bits per heavy atom. The van der Waals surface area contributed by atoms with Crippen molar-refractivity contribution in [2.75, 3.05) is 13.2 Å². The van der Waals surface area contributed by atoms with Crippen molar-refractivity contribution in [3.8, 4) is 0 Å². The molecule has 21 heavy (non-hydrogen) atoms. The van der Waals surface area contributed by atoms with Crippen molar-refractivity contribution in [1.82, 2.24) is 19.7 Å². The van der Waals surface area contributed by atoms with Crippen LogP contribution in [0.1, 0.15) is 50.7 Å². The Labute approximate surface area is 125 Å². The lowest BCUT2D eigenvalue weighted by atomic mass is 9.98. The molecule has 0 unspecified atom stereocenters. The van der Waals surface area contributed by atoms with Gasteiger partial charge in [0.25, 0.3) is 0 Å². The van der Waals surface area contributed by atoms with Crippen LogP contribution in [0.25, 0.3) is 0 Å². The fourth-order valence-corrected chi connectivity index (χ4v) is 3.20. The molecule has 0 spiro atoms. The molecule has 1 aliphatic heterocycles. The molecule has 0 aromatic carbocycles. The second-order valence-electron chi connectivity index (χ2n) is 5.92. The van der Waals surface area contributed by atoms with E-state index >= 15 is 0 Å². The van der Waals surface area contributed by atoms with Crippen molar-refractivity contribution in [2.45, 2.75) is 64.6 Å². The topological polar surface area (TPSA) is 60.2 Å². The maximum Gasteiger partial charge on any atom is 0.249 e. The highest BCUT2D eigenvalue weighted by molar-refractivity contribution is 5.77. The van der Waals surface area contributed by atoms with Gasteiger partial charge >= 0.3 is 0 Å². The molecule has 2 aliphatic rings. The van der Waals surface area contributed by atoms with Crippen LogP contribution in [0.15, 0.2) is 0 Å². The van der Waals surface area contributed by atoms with Gasteiger partial charge in [-0.2, -0.15) is 0 Å². The highest BCUT2D eigenvalue weighted by atomic mass is 16.5. The van der Waals surface area contributed by atoms with E-state index in [2.05, 4.69) is 21.7 Å². The summed E-state index contributed by atoms with van der Waals surface area (Å²) in [5, 5.41) is 8.36. The largest absolute Gasteiger partial charge is 0.368 e. The number of carbonyl (C=O) groups excluding carboxylic acids is 1. The molecule has 2 heterocycles. The maximum atomic E-state index is 12.3. The number of carbonyl (C=O) groups is 1. The number of aromatic nitrogens is 3. The van der Waals surface area contributed by atoms with Crippen LogP contribution in [0.2, 0.25) is 0 Å². The number of ether oxygens (including phenoxy) is 1. The van der Waals surface area contributed by atoms with E-state index in [4.69, 9.17) is 4.74 Å². The molecule has 0 atom stereocenters. The molecule has 1 saturated carbocycles. The van der Waals surface area contributed by atoms with Crippen molar-refractivity contribution in [3.05, 3.63) is 11.6 Å². The molecule has 0 radical (unpaired) electrons. The Morgan fingerprint density at radius 3 is 2.81 bits per heavy atom. The van der Waals surface area contributed by atoms with E-state index in [9.17, 15) is 4.79 Å². The third-order valence-electron chi connectivity index (χ3n) is 4.49. The smallest absolute Gasteiger partial charge is 0.249 e. The molecule has 0 saturated heterocycles. The van der Waals surface area contributed by atoms with Crippen molar-refractivity contribution in [3.63, 3.8) is 0 Å². The molecule has 3 rings (SSSR count). The molecule has 1 amide bonds. The summed E-state index contributed by atoms with van der Waals surface area (Å²) in [7, 11) is 0. The highest BCUT2D eigenvalue weighted by Crippen LogP contribution is 2.20. The van der Waals surface area contributed by atoms with Gasteiger partial charge in [0.15, 0.2) is 5.82 Å². The second kappa shape index (κ2) is 6.56. The van der Waals surface area contributed by atoms with Gasteiger partial charge < -0.3 is 14.2 Å². The molecule has 116 valence electrons. The number of hydrogen-bond acceptors (Lipinski definition) is 4. The zero-order valence-electron chi connectivity index (χ0n) is 12.8. The predicted molar refractivity (Wildman–Crippen MR) is 77.6 cm³/mol. The fourth-order valence-electron chi connectivity index (χ4n) is 3.20. The van der Waals surface area contributed by atoms with Gasteiger partial charge in [-0.1, -0.05) is 26.2 Å². The molecule has 6 nitrogen and oxygen atoms in total. The highest BCUT2D eigenvalue weighted by Gasteiger charge is 2.25. The zero-order chi connectivity index (χ0) is 14.7. The number of amides is 1. The minimum atomic E-state index is 0.0767. The molecule has 1 fully saturated rings. The van der Waals surface area contributed by atoms with E-state index in [0.717, 1.165) is 44.0 Å². The Kier molecular flexibility index (Phi) is 4.53. The standard InChI is InChI=1S/C15H24N4O2/c1-2-13-16-17-14-10-18(8-9-19(13)14)15(20)11-21-12-6-4-3-5-7-12/h12H,2-11H2,1H3. The van der Waals surface area contributed by atoms with E-state index in [1.807, 2.05) is 4.90 Å². The number of hydrogen-bond donors (Lipinski definition) is 0. The van der Waals surface area contributed by atoms with Crippen molar-refractivity contribution in [1.29, 1.82) is 0 Å². The summed E-state index contributed by atoms with van der Waals surface area (Å²) in [6.07, 6.45) is 7.11. The van der Waals surface area contributed by atoms with Crippen molar-refractivity contribution < 1.29 is 9.53 Å². The van der Waals surface area contributed by atoms with Gasteiger partial charge in [0.1, 0.15) is 12.4 Å². The lowest BCUT2D eigenvalue weighted by Crippen LogP contribution is -2.41. The molecule has 0 bridgehead atoms. The average Bonchev–Trinajstić information content (AvgIpc) is 2.95. The molecule has 1 aliphatic carbocycles. The summed E-state index contributed by atoms with van der Waals surface area (Å²) in [5.41, 5.74) is 0. The first-order valence-corrected chi connectivity index (χ1v) is 8.08. The maximum absolute atomic E-state index is 12.3. The summed E-state index contributed by atoms with van der Waals surface area (Å²) >= 11 is 0. The van der Waals surface area contributed by atoms with Crippen molar-refractivity contribution in [2.24, 2.45) is 0 Å². The number of rotatable bonds is 4. The summed E-state index contributed by atoms with van der Waals surface area (Å²) in [6.45, 7) is 4.36. The molecule has 1 aromatic rings. The lowest BCUT2D eigenvalue weighted by Gasteiger charge is -2.29. The van der Waals surface area contributed by atoms with Gasteiger partial charge in [0.05, 0.1) is 12.6 Å². The van der Waals surface area contributed by atoms with Gasteiger partial charge in [-0.25, -0.2) is 0 Å². The van der Waals surface area contributed by atoms with E-state index < -0.39 is 0 Å². The fraction of sp³-hybridized carbons (Fsp3) is 0.800. The first-order valence-electron chi connectivity index (χ1n) is 8.08. The summed E-state index contributed by atoms with van der Waals surface area (Å²) in [4.78, 5) is 14.1. The second-order valence-corrected chi connectivity index (χ2v) is 5.92. The third kappa shape index (κ3) is 3.26. The van der Waals surface area contributed by atoms with Gasteiger partial charge in [-0.3, -0.25) is 4.79 Å². The molecule has 0 N–H and O–H groups in total. The molecule has 6 heteroatoms.